The molecule has 0 aromatic carbocycles. The van der Waals surface area contributed by atoms with Crippen LogP contribution in [0.3, 0.4) is 0 Å². The molecule has 0 aliphatic rings. The van der Waals surface area contributed by atoms with Crippen LogP contribution in [0, 0.1) is 11.3 Å². The number of oxazole rings is 1. The molecule has 0 atom stereocenters. The van der Waals surface area contributed by atoms with Crippen LogP contribution >= 0.6 is 0 Å². The molecule has 0 fully saturated rings. The van der Waals surface area contributed by atoms with Crippen molar-refractivity contribution in [2.75, 3.05) is 5.43 Å². The zero-order chi connectivity index (χ0) is 9.97. The summed E-state index contributed by atoms with van der Waals surface area (Å²) < 4.78 is 10.2. The summed E-state index contributed by atoms with van der Waals surface area (Å²) in [4.78, 5) is 3.88. The lowest BCUT2D eigenvalue weighted by Crippen LogP contribution is -2.06. The zero-order valence-corrected chi connectivity index (χ0v) is 7.02. The van der Waals surface area contributed by atoms with Crippen LogP contribution in [-0.2, 0) is 0 Å². The first kappa shape index (κ1) is 8.34. The standard InChI is InChI=1S/C8H6N4O2/c9-4-5-7(12-10)14-8(11-5)6-2-1-3-13-6/h1-3,12H,10H2. The Kier molecular flexibility index (Phi) is 1.93. The van der Waals surface area contributed by atoms with E-state index in [9.17, 15) is 0 Å². The second-order valence-corrected chi connectivity index (χ2v) is 2.43. The highest BCUT2D eigenvalue weighted by Gasteiger charge is 2.14. The van der Waals surface area contributed by atoms with E-state index in [4.69, 9.17) is 19.9 Å². The van der Waals surface area contributed by atoms with Gasteiger partial charge in [0.1, 0.15) is 6.07 Å². The van der Waals surface area contributed by atoms with Gasteiger partial charge < -0.3 is 8.83 Å². The van der Waals surface area contributed by atoms with Crippen molar-refractivity contribution >= 4 is 5.88 Å². The number of hydrazine groups is 1. The number of nitrogen functional groups attached to an aromatic ring is 1. The quantitative estimate of drug-likeness (QED) is 0.543. The van der Waals surface area contributed by atoms with Gasteiger partial charge in [-0.3, -0.25) is 5.43 Å². The van der Waals surface area contributed by atoms with Crippen molar-refractivity contribution < 1.29 is 8.83 Å². The average Bonchev–Trinajstić information content (AvgIpc) is 2.85. The number of nitrogens with two attached hydrogens (primary N) is 1. The van der Waals surface area contributed by atoms with Crippen LogP contribution in [0.5, 0.6) is 0 Å². The number of hydrogen-bond donors (Lipinski definition) is 2. The Labute approximate surface area is 78.9 Å². The molecular weight excluding hydrogens is 184 g/mol. The molecule has 6 heteroatoms. The lowest BCUT2D eigenvalue weighted by molar-refractivity contribution is 0.523. The van der Waals surface area contributed by atoms with Gasteiger partial charge in [0.2, 0.25) is 11.6 Å². The fourth-order valence-corrected chi connectivity index (χ4v) is 0.999. The number of nitrogens with one attached hydrogen (secondary N) is 1. The van der Waals surface area contributed by atoms with Crippen molar-refractivity contribution in [2.45, 2.75) is 0 Å². The van der Waals surface area contributed by atoms with E-state index in [1.54, 1.807) is 12.1 Å². The van der Waals surface area contributed by atoms with Crippen LogP contribution in [-0.4, -0.2) is 4.98 Å². The molecule has 14 heavy (non-hydrogen) atoms. The summed E-state index contributed by atoms with van der Waals surface area (Å²) in [6, 6.07) is 5.21. The Bertz CT molecular complexity index is 466. The van der Waals surface area contributed by atoms with Gasteiger partial charge in [0.15, 0.2) is 5.76 Å². The Hall–Kier alpha value is -2.26. The summed E-state index contributed by atoms with van der Waals surface area (Å²) in [7, 11) is 0. The van der Waals surface area contributed by atoms with E-state index in [0.29, 0.717) is 5.76 Å². The molecule has 2 heterocycles. The van der Waals surface area contributed by atoms with Crippen LogP contribution in [0.15, 0.2) is 27.2 Å². The van der Waals surface area contributed by atoms with Crippen molar-refractivity contribution in [3.05, 3.63) is 24.1 Å². The molecule has 0 aliphatic heterocycles. The molecule has 2 aromatic heterocycles. The highest BCUT2D eigenvalue weighted by atomic mass is 16.4. The SMILES string of the molecule is N#Cc1nc(-c2ccco2)oc1NN. The lowest BCUT2D eigenvalue weighted by atomic mass is 10.4. The third kappa shape index (κ3) is 1.22. The fraction of sp³-hybridized carbons (Fsp3) is 0. The molecule has 3 N–H and O–H groups in total. The first-order valence-electron chi connectivity index (χ1n) is 3.76. The zero-order valence-electron chi connectivity index (χ0n) is 7.02. The van der Waals surface area contributed by atoms with Crippen molar-refractivity contribution in [3.63, 3.8) is 0 Å². The third-order valence-electron chi connectivity index (χ3n) is 1.60. The average molecular weight is 190 g/mol. The van der Waals surface area contributed by atoms with Crippen molar-refractivity contribution in [1.82, 2.24) is 4.98 Å². The number of anilines is 1. The number of furan rings is 1. The molecule has 2 aromatic rings. The maximum atomic E-state index is 8.66. The van der Waals surface area contributed by atoms with Gasteiger partial charge >= 0.3 is 0 Å². The molecule has 0 bridgehead atoms. The van der Waals surface area contributed by atoms with E-state index in [1.807, 2.05) is 6.07 Å². The van der Waals surface area contributed by atoms with Crippen LogP contribution < -0.4 is 11.3 Å². The number of hydrogen-bond acceptors (Lipinski definition) is 6. The van der Waals surface area contributed by atoms with E-state index in [-0.39, 0.29) is 17.5 Å². The molecular formula is C8H6N4O2. The molecule has 0 radical (unpaired) electrons. The Morgan fingerprint density at radius 3 is 2.93 bits per heavy atom. The van der Waals surface area contributed by atoms with Crippen LogP contribution in [0.4, 0.5) is 5.88 Å². The molecule has 6 nitrogen and oxygen atoms in total. The first-order valence-corrected chi connectivity index (χ1v) is 3.76. The van der Waals surface area contributed by atoms with Gasteiger partial charge in [-0.25, -0.2) is 5.84 Å². The van der Waals surface area contributed by atoms with Crippen molar-refractivity contribution in [2.24, 2.45) is 5.84 Å². The van der Waals surface area contributed by atoms with Gasteiger partial charge in [-0.15, -0.1) is 0 Å². The molecule has 0 spiro atoms. The minimum Gasteiger partial charge on any atom is -0.459 e. The topological polar surface area (TPSA) is 101 Å². The second-order valence-electron chi connectivity index (χ2n) is 2.43. The number of nitriles is 1. The monoisotopic (exact) mass is 190 g/mol. The lowest BCUT2D eigenvalue weighted by Gasteiger charge is -1.89. The Balaban J connectivity index is 2.48. The number of aromatic nitrogens is 1. The van der Waals surface area contributed by atoms with E-state index in [0.717, 1.165) is 0 Å². The normalized spacial score (nSPS) is 9.71. The second kappa shape index (κ2) is 3.24. The first-order chi connectivity index (χ1) is 6.85. The van der Waals surface area contributed by atoms with Crippen LogP contribution in [0.1, 0.15) is 5.69 Å². The van der Waals surface area contributed by atoms with Crippen LogP contribution in [0.25, 0.3) is 11.7 Å². The maximum Gasteiger partial charge on any atom is 0.266 e. The van der Waals surface area contributed by atoms with Gasteiger partial charge in [-0.05, 0) is 12.1 Å². The van der Waals surface area contributed by atoms with Crippen molar-refractivity contribution in [3.8, 4) is 17.7 Å². The number of nitrogens with zero attached hydrogens (tertiary/aromatic N) is 2. The van der Waals surface area contributed by atoms with Gasteiger partial charge in [0, 0.05) is 0 Å². The molecule has 0 amide bonds. The van der Waals surface area contributed by atoms with E-state index in [1.165, 1.54) is 6.26 Å². The molecule has 2 rings (SSSR count). The highest BCUT2D eigenvalue weighted by molar-refractivity contribution is 5.53. The summed E-state index contributed by atoms with van der Waals surface area (Å²) in [6.07, 6.45) is 1.49. The summed E-state index contributed by atoms with van der Waals surface area (Å²) >= 11 is 0. The minimum atomic E-state index is 0.0962. The maximum absolute atomic E-state index is 8.66. The molecule has 0 unspecified atom stereocenters. The third-order valence-corrected chi connectivity index (χ3v) is 1.60. The summed E-state index contributed by atoms with van der Waals surface area (Å²) in [5.74, 6) is 5.92. The highest BCUT2D eigenvalue weighted by Crippen LogP contribution is 2.24. The Morgan fingerprint density at radius 1 is 1.57 bits per heavy atom. The van der Waals surface area contributed by atoms with E-state index < -0.39 is 0 Å². The molecule has 0 aliphatic carbocycles. The molecule has 0 saturated heterocycles. The van der Waals surface area contributed by atoms with Gasteiger partial charge in [-0.2, -0.15) is 10.2 Å². The van der Waals surface area contributed by atoms with E-state index >= 15 is 0 Å². The predicted octanol–water partition coefficient (Wildman–Crippen LogP) is 1.09. The van der Waals surface area contributed by atoms with Gasteiger partial charge in [-0.1, -0.05) is 0 Å². The van der Waals surface area contributed by atoms with Gasteiger partial charge in [0.05, 0.1) is 6.26 Å². The minimum absolute atomic E-state index is 0.0962. The molecule has 0 saturated carbocycles. The number of rotatable bonds is 2. The largest absolute Gasteiger partial charge is 0.459 e. The Morgan fingerprint density at radius 2 is 2.43 bits per heavy atom. The summed E-state index contributed by atoms with van der Waals surface area (Å²) in [5.41, 5.74) is 2.33. The summed E-state index contributed by atoms with van der Waals surface area (Å²) in [5, 5.41) is 8.66. The van der Waals surface area contributed by atoms with Crippen molar-refractivity contribution in [1.29, 1.82) is 5.26 Å². The predicted molar refractivity (Wildman–Crippen MR) is 46.7 cm³/mol. The molecule has 70 valence electrons. The van der Waals surface area contributed by atoms with Crippen LogP contribution in [0.2, 0.25) is 0 Å². The summed E-state index contributed by atoms with van der Waals surface area (Å²) in [6.45, 7) is 0. The fourth-order valence-electron chi connectivity index (χ4n) is 0.999. The van der Waals surface area contributed by atoms with Gasteiger partial charge in [0.25, 0.3) is 5.89 Å². The smallest absolute Gasteiger partial charge is 0.266 e. The van der Waals surface area contributed by atoms with E-state index in [2.05, 4.69) is 10.4 Å².